The van der Waals surface area contributed by atoms with E-state index in [0.717, 1.165) is 54.4 Å². The summed E-state index contributed by atoms with van der Waals surface area (Å²) in [6, 6.07) is 74.6. The van der Waals surface area contributed by atoms with Gasteiger partial charge in [-0.05, 0) is 145 Å². The molecule has 0 fully saturated rings. The highest BCUT2D eigenvalue weighted by Crippen LogP contribution is 2.35. The number of fused-ring (bicyclic) bond motifs is 3. The van der Waals surface area contributed by atoms with E-state index in [1.165, 1.54) is 0 Å². The predicted molar refractivity (Wildman–Crippen MR) is 396 cm³/mol. The molecule has 0 unspecified atom stereocenters. The van der Waals surface area contributed by atoms with Crippen LogP contribution in [-0.4, -0.2) is 59.8 Å². The topological polar surface area (TPSA) is 251 Å². The Morgan fingerprint density at radius 2 is 0.415 bits per heavy atom. The van der Waals surface area contributed by atoms with E-state index < -0.39 is 0 Å². The van der Waals surface area contributed by atoms with Gasteiger partial charge in [0.05, 0.1) is 0 Å². The molecule has 0 aliphatic heterocycles. The molecule has 14 rings (SSSR count). The molecule has 28 heteroatoms. The van der Waals surface area contributed by atoms with E-state index in [2.05, 4.69) is 123 Å². The fourth-order valence-corrected chi connectivity index (χ4v) is 10.1. The summed E-state index contributed by atoms with van der Waals surface area (Å²) in [6.07, 6.45) is 0. The molecule has 8 N–H and O–H groups in total. The lowest BCUT2D eigenvalue weighted by Gasteiger charge is -2.16. The maximum Gasteiger partial charge on any atom is 0.230 e. The van der Waals surface area contributed by atoms with Gasteiger partial charge in [0.15, 0.2) is 33.6 Å². The van der Waals surface area contributed by atoms with Gasteiger partial charge in [-0.1, -0.05) is 164 Å². The van der Waals surface area contributed by atoms with Gasteiger partial charge in [0.2, 0.25) is 34.4 Å². The van der Waals surface area contributed by atoms with Gasteiger partial charge in [0, 0.05) is 82.7 Å². The third-order valence-electron chi connectivity index (χ3n) is 12.9. The van der Waals surface area contributed by atoms with Crippen LogP contribution in [0, 0.1) is 0 Å². The minimum atomic E-state index is -0.0182. The van der Waals surface area contributed by atoms with E-state index in [4.69, 9.17) is 86.3 Å². The molecular formula is C66H46Br4Cl4N20. The Morgan fingerprint density at radius 1 is 0.213 bits per heavy atom. The first kappa shape index (κ1) is 66.0. The van der Waals surface area contributed by atoms with Crippen molar-refractivity contribution in [2.24, 2.45) is 0 Å². The summed E-state index contributed by atoms with van der Waals surface area (Å²) >= 11 is 35.2. The molecule has 0 saturated carbocycles. The number of anilines is 16. The molecule has 0 bridgehead atoms. The highest BCUT2D eigenvalue weighted by molar-refractivity contribution is 9.93. The maximum atomic E-state index is 5.76. The predicted octanol–water partition coefficient (Wildman–Crippen LogP) is 21.0. The zero-order chi connectivity index (χ0) is 65.2. The van der Waals surface area contributed by atoms with Crippen LogP contribution in [0.2, 0.25) is 20.9 Å². The third-order valence-corrected chi connectivity index (χ3v) is 14.8. The Morgan fingerprint density at radius 3 is 0.638 bits per heavy atom. The van der Waals surface area contributed by atoms with Gasteiger partial charge in [-0.2, -0.15) is 19.9 Å². The Hall–Kier alpha value is -9.50. The van der Waals surface area contributed by atoms with Crippen LogP contribution in [0.3, 0.4) is 0 Å². The maximum absolute atomic E-state index is 5.76. The van der Waals surface area contributed by atoms with Gasteiger partial charge < -0.3 is 42.5 Å². The molecule has 8 aromatic carbocycles. The van der Waals surface area contributed by atoms with Crippen LogP contribution in [0.25, 0.3) is 33.1 Å². The van der Waals surface area contributed by atoms with Crippen LogP contribution in [0.1, 0.15) is 0 Å². The molecule has 0 spiro atoms. The molecule has 6 heterocycles. The summed E-state index contributed by atoms with van der Waals surface area (Å²) in [4.78, 5) is 53.7. The fraction of sp³-hybridized carbons (Fsp3) is 0. The number of benzene rings is 8. The SMILES string of the molecule is BrBr.Brc1ccc(Nc2nc(Nc3ccccc3)c3nc(Nc4ccc(Br)cc4)nc(Nc4ccccc4)c3n2)cc1.Clc1nc(Cl)c2nc(Cl)nc(Cl)c2n1.c1ccc(Nc2nc(Nc3ccccc3)c3nc(Nc4ccccc4)nc(Nc4ccccc4)c3n2)cc1. The summed E-state index contributed by atoms with van der Waals surface area (Å²) < 4.78 is 1.97. The van der Waals surface area contributed by atoms with Crippen molar-refractivity contribution in [3.8, 4) is 0 Å². The molecular weight excluding hydrogens is 1530 g/mol. The van der Waals surface area contributed by atoms with E-state index in [1.807, 2.05) is 231 Å². The highest BCUT2D eigenvalue weighted by Gasteiger charge is 2.20. The van der Waals surface area contributed by atoms with Gasteiger partial charge in [-0.3, -0.25) is 0 Å². The van der Waals surface area contributed by atoms with Crippen LogP contribution < -0.4 is 42.5 Å². The van der Waals surface area contributed by atoms with E-state index in [1.54, 1.807) is 0 Å². The van der Waals surface area contributed by atoms with Crippen LogP contribution in [-0.2, 0) is 0 Å². The summed E-state index contributed by atoms with van der Waals surface area (Å²) in [6.45, 7) is 0. The van der Waals surface area contributed by atoms with Gasteiger partial charge in [0.1, 0.15) is 33.1 Å². The van der Waals surface area contributed by atoms with Crippen molar-refractivity contribution in [1.29, 1.82) is 0 Å². The van der Waals surface area contributed by atoms with Crippen molar-refractivity contribution in [3.63, 3.8) is 0 Å². The molecule has 0 aliphatic carbocycles. The Kier molecular flexibility index (Phi) is 22.7. The minimum Gasteiger partial charge on any atom is -0.338 e. The lowest BCUT2D eigenvalue weighted by atomic mass is 10.3. The summed E-state index contributed by atoms with van der Waals surface area (Å²) in [5.41, 5.74) is 9.75. The highest BCUT2D eigenvalue weighted by atomic mass is 80.9. The van der Waals surface area contributed by atoms with Crippen molar-refractivity contribution in [3.05, 3.63) is 260 Å². The summed E-state index contributed by atoms with van der Waals surface area (Å²) in [5, 5.41) is 27.1. The summed E-state index contributed by atoms with van der Waals surface area (Å²) in [7, 11) is 0. The number of hydrogen-bond acceptors (Lipinski definition) is 20. The van der Waals surface area contributed by atoms with Gasteiger partial charge in [-0.25, -0.2) is 39.9 Å². The van der Waals surface area contributed by atoms with E-state index in [9.17, 15) is 0 Å². The Balaban J connectivity index is 0.000000156. The van der Waals surface area contributed by atoms with Crippen molar-refractivity contribution in [2.45, 2.75) is 0 Å². The molecule has 0 aliphatic rings. The number of halogens is 8. The van der Waals surface area contributed by atoms with E-state index in [0.29, 0.717) is 69.1 Å². The van der Waals surface area contributed by atoms with Gasteiger partial charge >= 0.3 is 0 Å². The van der Waals surface area contributed by atoms with Crippen molar-refractivity contribution >= 4 is 232 Å². The van der Waals surface area contributed by atoms with Gasteiger partial charge in [0.25, 0.3) is 0 Å². The lowest BCUT2D eigenvalue weighted by molar-refractivity contribution is 1.15. The van der Waals surface area contributed by atoms with Crippen LogP contribution in [0.4, 0.5) is 92.6 Å². The van der Waals surface area contributed by atoms with Crippen molar-refractivity contribution < 1.29 is 0 Å². The molecule has 6 aromatic heterocycles. The molecule has 466 valence electrons. The molecule has 20 nitrogen and oxygen atoms in total. The average molecular weight is 1580 g/mol. The number of hydrogen-bond donors (Lipinski definition) is 8. The average Bonchev–Trinajstić information content (AvgIpc) is 0.804. The molecule has 0 saturated heterocycles. The van der Waals surface area contributed by atoms with Crippen molar-refractivity contribution in [2.75, 3.05) is 42.5 Å². The molecule has 0 amide bonds. The number of para-hydroxylation sites is 6. The Labute approximate surface area is 589 Å². The first-order valence-corrected chi connectivity index (χ1v) is 34.8. The number of rotatable bonds is 16. The van der Waals surface area contributed by atoms with Crippen molar-refractivity contribution in [1.82, 2.24) is 59.8 Å². The second kappa shape index (κ2) is 32.4. The normalized spacial score (nSPS) is 10.6. The lowest BCUT2D eigenvalue weighted by Crippen LogP contribution is -2.08. The van der Waals surface area contributed by atoms with Crippen LogP contribution in [0.5, 0.6) is 0 Å². The second-order valence-electron chi connectivity index (χ2n) is 19.5. The van der Waals surface area contributed by atoms with Crippen LogP contribution in [0.15, 0.2) is 239 Å². The molecule has 14 aromatic rings. The first-order chi connectivity index (χ1) is 46.0. The zero-order valence-corrected chi connectivity index (χ0v) is 57.7. The largest absolute Gasteiger partial charge is 0.338 e. The summed E-state index contributed by atoms with van der Waals surface area (Å²) in [5.74, 6) is 3.82. The third kappa shape index (κ3) is 18.0. The number of aromatic nitrogens is 12. The molecule has 0 atom stereocenters. The van der Waals surface area contributed by atoms with Crippen LogP contribution >= 0.6 is 107 Å². The first-order valence-electron chi connectivity index (χ1n) is 28.0. The fourth-order valence-electron chi connectivity index (χ4n) is 8.76. The smallest absolute Gasteiger partial charge is 0.230 e. The number of nitrogens with zero attached hydrogens (tertiary/aromatic N) is 12. The Bertz CT molecular complexity index is 4530. The second-order valence-corrected chi connectivity index (χ2v) is 22.7. The quantitative estimate of drug-likeness (QED) is 0.0331. The monoisotopic (exact) mass is 1570 g/mol. The standard InChI is InChI=1S/C30H22Br2N8.C30H24N8.C6Cl4N4.Br2/c31-19-11-15-23(16-12-19)35-29-38-26-25(27(39-29)33-21-7-3-1-4-8-21)37-30(36-24-17-13-20(32)14-18-24)40-28(26)34-22-9-5-2-6-10-22;1-5-13-21(14-6-1)31-27-25-26(36-29(37-27)33-23-17-9-3-10-18-23)28(32-22-15-7-2-8-16-22)38-30(35-25)34-24-19-11-4-12-20-24;7-3-1-2(12-6(10)13-3)4(8)14-5(9)11-1;1-2/h1-18H,(H2,33,35,38,39)(H2,34,36,37,40);1-20H,(H2,31,33,36,37)(H2,32,34,35,38);;. The molecule has 0 radical (unpaired) electrons. The zero-order valence-electron chi connectivity index (χ0n) is 48.3. The van der Waals surface area contributed by atoms with E-state index in [-0.39, 0.29) is 31.9 Å². The number of nitrogens with one attached hydrogen (secondary N) is 8. The minimum absolute atomic E-state index is 0.0182. The van der Waals surface area contributed by atoms with E-state index >= 15 is 0 Å². The molecule has 94 heavy (non-hydrogen) atoms. The van der Waals surface area contributed by atoms with Gasteiger partial charge in [-0.15, -0.1) is 0 Å².